The molecule has 0 aliphatic carbocycles. The second-order valence-corrected chi connectivity index (χ2v) is 7.82. The second kappa shape index (κ2) is 13.2. The van der Waals surface area contributed by atoms with E-state index in [1.165, 1.54) is 12.5 Å². The monoisotopic (exact) mass is 474 g/mol. The van der Waals surface area contributed by atoms with E-state index in [0.717, 1.165) is 0 Å². The Morgan fingerprint density at radius 1 is 1.10 bits per heavy atom. The highest BCUT2D eigenvalue weighted by molar-refractivity contribution is 7.80. The first-order valence-electron chi connectivity index (χ1n) is 9.72. The smallest absolute Gasteiger partial charge is 0.326 e. The molecule has 1 aromatic heterocycles. The highest BCUT2D eigenvalue weighted by Gasteiger charge is 2.32. The number of carboxylic acid groups (broad SMARTS) is 1. The molecule has 0 spiro atoms. The van der Waals surface area contributed by atoms with Crippen LogP contribution in [0.1, 0.15) is 26.0 Å². The second-order valence-electron chi connectivity index (χ2n) is 7.08. The van der Waals surface area contributed by atoms with Gasteiger partial charge in [0.05, 0.1) is 12.4 Å². The average molecular weight is 475 g/mol. The number of carbonyl (C=O) groups is 4. The number of nitrogens with zero attached hydrogens (tertiary/aromatic N) is 1. The van der Waals surface area contributed by atoms with E-state index in [1.54, 1.807) is 6.92 Å². The molecule has 1 heterocycles. The number of H-pyrrole nitrogens is 1. The lowest BCUT2D eigenvalue weighted by atomic mass is 9.97. The van der Waals surface area contributed by atoms with Crippen LogP contribution in [0.15, 0.2) is 12.5 Å². The molecule has 0 fully saturated rings. The molecule has 0 radical (unpaired) electrons. The highest BCUT2D eigenvalue weighted by Crippen LogP contribution is 2.10. The summed E-state index contributed by atoms with van der Waals surface area (Å²) in [5.74, 6) is -3.30. The Kier molecular flexibility index (Phi) is 11.4. The van der Waals surface area contributed by atoms with Crippen LogP contribution in [-0.2, 0) is 25.6 Å². The summed E-state index contributed by atoms with van der Waals surface area (Å²) in [4.78, 5) is 55.7. The molecule has 5 atom stereocenters. The Hall–Kier alpha value is -2.25. The van der Waals surface area contributed by atoms with Gasteiger partial charge in [0.2, 0.25) is 17.7 Å². The van der Waals surface area contributed by atoms with Crippen LogP contribution in [0.5, 0.6) is 0 Å². The topological polar surface area (TPSA) is 179 Å². The fraction of sp³-hybridized carbons (Fsp3) is 0.611. The zero-order valence-corrected chi connectivity index (χ0v) is 19.2. The Balaban J connectivity index is 2.90. The van der Waals surface area contributed by atoms with Crippen molar-refractivity contribution in [3.63, 3.8) is 0 Å². The Labute approximate surface area is 191 Å². The number of carbonyl (C=O) groups excluding carboxylic acids is 3. The van der Waals surface area contributed by atoms with Crippen molar-refractivity contribution in [3.05, 3.63) is 18.2 Å². The molecule has 0 saturated heterocycles. The first-order valence-corrected chi connectivity index (χ1v) is 11.0. The fourth-order valence-electron chi connectivity index (χ4n) is 2.59. The van der Waals surface area contributed by atoms with Gasteiger partial charge in [0, 0.05) is 29.8 Å². The SMILES string of the molecule is CCC(C)C(NC(=O)C(CS)NC(=O)C(N)CS)C(=O)NC(Cc1cnc[nH]1)C(=O)O. The van der Waals surface area contributed by atoms with Gasteiger partial charge in [0.15, 0.2) is 0 Å². The summed E-state index contributed by atoms with van der Waals surface area (Å²) in [5.41, 5.74) is 6.14. The van der Waals surface area contributed by atoms with Crippen molar-refractivity contribution in [2.45, 2.75) is 50.9 Å². The van der Waals surface area contributed by atoms with Gasteiger partial charge in [-0.1, -0.05) is 20.3 Å². The van der Waals surface area contributed by atoms with Crippen molar-refractivity contribution in [1.82, 2.24) is 25.9 Å². The molecule has 0 aromatic carbocycles. The third kappa shape index (κ3) is 8.42. The number of aromatic amines is 1. The predicted octanol–water partition coefficient (Wildman–Crippen LogP) is -1.28. The van der Waals surface area contributed by atoms with Crippen LogP contribution in [0, 0.1) is 5.92 Å². The van der Waals surface area contributed by atoms with E-state index in [2.05, 4.69) is 51.2 Å². The van der Waals surface area contributed by atoms with Gasteiger partial charge in [-0.3, -0.25) is 14.4 Å². The quantitative estimate of drug-likeness (QED) is 0.164. The molecule has 1 aromatic rings. The van der Waals surface area contributed by atoms with Gasteiger partial charge in [0.25, 0.3) is 0 Å². The molecule has 5 unspecified atom stereocenters. The number of nitrogens with one attached hydrogen (secondary N) is 4. The standard InChI is InChI=1S/C18H30N6O5S2/c1-3-9(2)14(24-16(26)13(7-31)23-15(25)11(19)6-30)17(27)22-12(18(28)29)4-10-5-20-8-21-10/h5,8-9,11-14,30-31H,3-4,6-7,19H2,1-2H3,(H,20,21)(H,22,27)(H,23,25)(H,24,26)(H,28,29). The minimum Gasteiger partial charge on any atom is -0.480 e. The summed E-state index contributed by atoms with van der Waals surface area (Å²) in [6.45, 7) is 3.58. The number of nitrogens with two attached hydrogens (primary N) is 1. The zero-order valence-electron chi connectivity index (χ0n) is 17.4. The van der Waals surface area contributed by atoms with E-state index in [4.69, 9.17) is 5.73 Å². The number of amides is 3. The lowest BCUT2D eigenvalue weighted by Gasteiger charge is -2.27. The third-order valence-corrected chi connectivity index (χ3v) is 5.49. The fourth-order valence-corrected chi connectivity index (χ4v) is 3.01. The molecular weight excluding hydrogens is 444 g/mol. The number of hydrogen-bond donors (Lipinski definition) is 8. The van der Waals surface area contributed by atoms with Crippen molar-refractivity contribution in [2.75, 3.05) is 11.5 Å². The van der Waals surface area contributed by atoms with Gasteiger partial charge < -0.3 is 31.8 Å². The van der Waals surface area contributed by atoms with E-state index >= 15 is 0 Å². The number of aromatic nitrogens is 2. The van der Waals surface area contributed by atoms with Crippen molar-refractivity contribution >= 4 is 48.9 Å². The minimum atomic E-state index is -1.22. The minimum absolute atomic E-state index is 0.000809. The summed E-state index contributed by atoms with van der Waals surface area (Å²) in [5, 5.41) is 17.0. The lowest BCUT2D eigenvalue weighted by molar-refractivity contribution is -0.142. The maximum absolute atomic E-state index is 12.9. The van der Waals surface area contributed by atoms with Gasteiger partial charge in [-0.25, -0.2) is 9.78 Å². The molecule has 7 N–H and O–H groups in total. The van der Waals surface area contributed by atoms with Crippen LogP contribution < -0.4 is 21.7 Å². The van der Waals surface area contributed by atoms with Crippen LogP contribution in [0.3, 0.4) is 0 Å². The van der Waals surface area contributed by atoms with Gasteiger partial charge in [-0.2, -0.15) is 25.3 Å². The maximum Gasteiger partial charge on any atom is 0.326 e. The van der Waals surface area contributed by atoms with E-state index in [0.29, 0.717) is 12.1 Å². The Bertz CT molecular complexity index is 748. The summed E-state index contributed by atoms with van der Waals surface area (Å²) in [7, 11) is 0. The van der Waals surface area contributed by atoms with Crippen LogP contribution in [0.25, 0.3) is 0 Å². The van der Waals surface area contributed by atoms with Gasteiger partial charge in [-0.15, -0.1) is 0 Å². The maximum atomic E-state index is 12.9. The van der Waals surface area contributed by atoms with Crippen molar-refractivity contribution < 1.29 is 24.3 Å². The highest BCUT2D eigenvalue weighted by atomic mass is 32.1. The molecule has 1 rings (SSSR count). The van der Waals surface area contributed by atoms with E-state index in [-0.39, 0.29) is 23.8 Å². The largest absolute Gasteiger partial charge is 0.480 e. The van der Waals surface area contributed by atoms with E-state index in [9.17, 15) is 24.3 Å². The molecule has 174 valence electrons. The molecule has 0 bridgehead atoms. The van der Waals surface area contributed by atoms with Crippen LogP contribution >= 0.6 is 25.3 Å². The molecule has 31 heavy (non-hydrogen) atoms. The summed E-state index contributed by atoms with van der Waals surface area (Å²) in [6, 6.07) is -4.16. The number of aliphatic carboxylic acids is 1. The molecule has 0 saturated carbocycles. The summed E-state index contributed by atoms with van der Waals surface area (Å²) >= 11 is 8.03. The number of thiol groups is 2. The number of carboxylic acids is 1. The van der Waals surface area contributed by atoms with Crippen LogP contribution in [-0.4, -0.2) is 74.4 Å². The van der Waals surface area contributed by atoms with Gasteiger partial charge >= 0.3 is 5.97 Å². The molecular formula is C18H30N6O5S2. The number of imidazole rings is 1. The van der Waals surface area contributed by atoms with Crippen molar-refractivity contribution in [3.8, 4) is 0 Å². The first kappa shape index (κ1) is 26.8. The summed E-state index contributed by atoms with van der Waals surface area (Å²) < 4.78 is 0. The predicted molar refractivity (Wildman–Crippen MR) is 121 cm³/mol. The molecule has 0 aliphatic rings. The van der Waals surface area contributed by atoms with Gasteiger partial charge in [0.1, 0.15) is 18.1 Å². The number of hydrogen-bond acceptors (Lipinski definition) is 8. The van der Waals surface area contributed by atoms with Crippen LogP contribution in [0.2, 0.25) is 0 Å². The summed E-state index contributed by atoms with van der Waals surface area (Å²) in [6.07, 6.45) is 3.41. The number of rotatable bonds is 13. The van der Waals surface area contributed by atoms with E-state index < -0.39 is 47.9 Å². The van der Waals surface area contributed by atoms with Gasteiger partial charge in [-0.05, 0) is 5.92 Å². The normalized spacial score (nSPS) is 15.8. The van der Waals surface area contributed by atoms with Crippen molar-refractivity contribution in [1.29, 1.82) is 0 Å². The molecule has 0 aliphatic heterocycles. The molecule has 11 nitrogen and oxygen atoms in total. The van der Waals surface area contributed by atoms with E-state index in [1.807, 2.05) is 6.92 Å². The first-order chi connectivity index (χ1) is 14.6. The lowest BCUT2D eigenvalue weighted by Crippen LogP contribution is -2.59. The Morgan fingerprint density at radius 3 is 2.23 bits per heavy atom. The zero-order chi connectivity index (χ0) is 23.6. The van der Waals surface area contributed by atoms with Crippen LogP contribution in [0.4, 0.5) is 0 Å². The average Bonchev–Trinajstić information content (AvgIpc) is 3.26. The Morgan fingerprint density at radius 2 is 1.74 bits per heavy atom. The molecule has 13 heteroatoms. The molecule has 3 amide bonds. The third-order valence-electron chi connectivity index (χ3n) is 4.74. The van der Waals surface area contributed by atoms with Crippen molar-refractivity contribution in [2.24, 2.45) is 11.7 Å².